The summed E-state index contributed by atoms with van der Waals surface area (Å²) >= 11 is 3.94. The fraction of sp³-hybridized carbons (Fsp3) is 0.600. The van der Waals surface area contributed by atoms with Crippen LogP contribution in [-0.2, 0) is 0 Å². The molecule has 2 rings (SSSR count). The average Bonchev–Trinajstić information content (AvgIpc) is 2.89. The van der Waals surface area contributed by atoms with E-state index in [9.17, 15) is 5.11 Å². The van der Waals surface area contributed by atoms with Crippen LogP contribution < -0.4 is 0 Å². The molecule has 0 radical (unpaired) electrons. The molecule has 1 aromatic rings. The number of benzene rings is 1. The molecule has 2 unspecified atom stereocenters. The molecule has 0 spiro atoms. The molecule has 0 amide bonds. The van der Waals surface area contributed by atoms with Gasteiger partial charge in [0.05, 0.1) is 10.2 Å². The number of rotatable bonds is 4. The van der Waals surface area contributed by atoms with Crippen molar-refractivity contribution in [2.75, 3.05) is 12.0 Å². The van der Waals surface area contributed by atoms with E-state index in [2.05, 4.69) is 20.1 Å². The lowest BCUT2D eigenvalue weighted by atomic mass is 9.77. The summed E-state index contributed by atoms with van der Waals surface area (Å²) in [5.41, 5.74) is 0.901. The van der Waals surface area contributed by atoms with Gasteiger partial charge in [0.1, 0.15) is 0 Å². The van der Waals surface area contributed by atoms with E-state index >= 15 is 0 Å². The smallest absolute Gasteiger partial charge is 0.0862 e. The minimum atomic E-state index is -0.406. The Kier molecular flexibility index (Phi) is 4.35. The van der Waals surface area contributed by atoms with Crippen LogP contribution in [-0.4, -0.2) is 21.2 Å². The molecule has 0 aliphatic carbocycles. The Balaban J connectivity index is 2.30. The van der Waals surface area contributed by atoms with Crippen LogP contribution >= 0.6 is 23.5 Å². The van der Waals surface area contributed by atoms with Crippen LogP contribution in [0.1, 0.15) is 38.4 Å². The molecule has 1 aromatic carbocycles. The Hall–Kier alpha value is -0.120. The van der Waals surface area contributed by atoms with Crippen molar-refractivity contribution in [2.45, 2.75) is 36.9 Å². The highest BCUT2D eigenvalue weighted by molar-refractivity contribution is 8.18. The molecule has 1 fully saturated rings. The fourth-order valence-electron chi connectivity index (χ4n) is 2.81. The van der Waals surface area contributed by atoms with Crippen molar-refractivity contribution in [3.63, 3.8) is 0 Å². The highest BCUT2D eigenvalue weighted by atomic mass is 32.2. The van der Waals surface area contributed by atoms with E-state index in [4.69, 9.17) is 0 Å². The number of hydrogen-bond acceptors (Lipinski definition) is 3. The van der Waals surface area contributed by atoms with Crippen LogP contribution in [0, 0.1) is 5.41 Å². The Bertz CT molecular complexity index is 383. The second-order valence-electron chi connectivity index (χ2n) is 5.44. The molecule has 100 valence electrons. The first-order valence-corrected chi connectivity index (χ1v) is 8.67. The molecule has 1 nitrogen and oxygen atoms in total. The van der Waals surface area contributed by atoms with Crippen molar-refractivity contribution in [3.05, 3.63) is 35.9 Å². The van der Waals surface area contributed by atoms with Crippen LogP contribution in [0.3, 0.4) is 0 Å². The van der Waals surface area contributed by atoms with E-state index in [1.54, 1.807) is 0 Å². The van der Waals surface area contributed by atoms with E-state index in [-0.39, 0.29) is 9.49 Å². The van der Waals surface area contributed by atoms with Gasteiger partial charge in [0.25, 0.3) is 0 Å². The van der Waals surface area contributed by atoms with Crippen molar-refractivity contribution in [1.82, 2.24) is 0 Å². The lowest BCUT2D eigenvalue weighted by Gasteiger charge is -2.45. The van der Waals surface area contributed by atoms with Crippen LogP contribution in [0.5, 0.6) is 0 Å². The average molecular weight is 282 g/mol. The molecule has 1 heterocycles. The summed E-state index contributed by atoms with van der Waals surface area (Å²) in [4.78, 5) is 0. The Morgan fingerprint density at radius 2 is 2.00 bits per heavy atom. The number of thioether (sulfide) groups is 2. The summed E-state index contributed by atoms with van der Waals surface area (Å²) in [5.74, 6) is 1.21. The van der Waals surface area contributed by atoms with Crippen LogP contribution in [0.4, 0.5) is 0 Å². The van der Waals surface area contributed by atoms with Gasteiger partial charge < -0.3 is 5.11 Å². The topological polar surface area (TPSA) is 20.2 Å². The summed E-state index contributed by atoms with van der Waals surface area (Å²) < 4.78 is 0.141. The molecule has 3 heteroatoms. The van der Waals surface area contributed by atoms with Gasteiger partial charge in [-0.3, -0.25) is 0 Å². The summed E-state index contributed by atoms with van der Waals surface area (Å²) in [6, 6.07) is 10.1. The predicted molar refractivity (Wildman–Crippen MR) is 83.1 cm³/mol. The lowest BCUT2D eigenvalue weighted by molar-refractivity contribution is 0.0400. The van der Waals surface area contributed by atoms with Gasteiger partial charge in [-0.05, 0) is 30.4 Å². The number of hydrogen-bond donors (Lipinski definition) is 1. The van der Waals surface area contributed by atoms with Gasteiger partial charge in [-0.15, -0.1) is 23.5 Å². The van der Waals surface area contributed by atoms with Gasteiger partial charge in [-0.1, -0.05) is 44.2 Å². The SMILES string of the molecule is CSC1(C(C)(C)C(O)c2ccccc2)CCCS1. The first-order chi connectivity index (χ1) is 8.53. The van der Waals surface area contributed by atoms with E-state index in [1.165, 1.54) is 18.6 Å². The predicted octanol–water partition coefficient (Wildman–Crippen LogP) is 4.33. The summed E-state index contributed by atoms with van der Waals surface area (Å²) in [6.07, 6.45) is 4.22. The maximum Gasteiger partial charge on any atom is 0.0862 e. The van der Waals surface area contributed by atoms with Gasteiger partial charge >= 0.3 is 0 Å². The normalized spacial score (nSPS) is 26.2. The highest BCUT2D eigenvalue weighted by Crippen LogP contribution is 2.60. The Morgan fingerprint density at radius 3 is 2.50 bits per heavy atom. The molecule has 1 N–H and O–H groups in total. The molecular weight excluding hydrogens is 260 g/mol. The van der Waals surface area contributed by atoms with Gasteiger partial charge in [-0.2, -0.15) is 0 Å². The van der Waals surface area contributed by atoms with E-state index < -0.39 is 6.10 Å². The third-order valence-corrected chi connectivity index (χ3v) is 8.03. The molecule has 2 atom stereocenters. The van der Waals surface area contributed by atoms with Crippen molar-refractivity contribution in [1.29, 1.82) is 0 Å². The van der Waals surface area contributed by atoms with Crippen LogP contribution in [0.15, 0.2) is 30.3 Å². The van der Waals surface area contributed by atoms with E-state index in [0.29, 0.717) is 0 Å². The maximum atomic E-state index is 10.8. The van der Waals surface area contributed by atoms with Gasteiger partial charge in [0, 0.05) is 5.41 Å². The van der Waals surface area contributed by atoms with Gasteiger partial charge in [0.15, 0.2) is 0 Å². The van der Waals surface area contributed by atoms with Crippen molar-refractivity contribution < 1.29 is 5.11 Å². The standard InChI is InChI=1S/C15H22OS2/c1-14(2,15(17-3)10-7-11-18-15)13(16)12-8-5-4-6-9-12/h4-6,8-9,13,16H,7,10-11H2,1-3H3. The van der Waals surface area contributed by atoms with Crippen LogP contribution in [0.25, 0.3) is 0 Å². The minimum Gasteiger partial charge on any atom is -0.388 e. The van der Waals surface area contributed by atoms with Gasteiger partial charge in [0.2, 0.25) is 0 Å². The monoisotopic (exact) mass is 282 g/mol. The molecule has 0 saturated carbocycles. The number of aliphatic hydroxyl groups is 1. The molecule has 1 saturated heterocycles. The zero-order chi connectivity index (χ0) is 13.2. The van der Waals surface area contributed by atoms with Crippen molar-refractivity contribution in [2.24, 2.45) is 5.41 Å². The number of aliphatic hydroxyl groups excluding tert-OH is 1. The zero-order valence-corrected chi connectivity index (χ0v) is 13.0. The molecular formula is C15H22OS2. The van der Waals surface area contributed by atoms with E-state index in [1.807, 2.05) is 53.9 Å². The summed E-state index contributed by atoms with van der Waals surface area (Å²) in [7, 11) is 0. The second-order valence-corrected chi connectivity index (χ2v) is 8.20. The summed E-state index contributed by atoms with van der Waals surface area (Å²) in [6.45, 7) is 4.42. The van der Waals surface area contributed by atoms with Gasteiger partial charge in [-0.25, -0.2) is 0 Å². The fourth-order valence-corrected chi connectivity index (χ4v) is 5.90. The Morgan fingerprint density at radius 1 is 1.33 bits per heavy atom. The summed E-state index contributed by atoms with van der Waals surface area (Å²) in [5, 5.41) is 10.8. The first-order valence-electron chi connectivity index (χ1n) is 6.45. The second kappa shape index (κ2) is 5.48. The zero-order valence-electron chi connectivity index (χ0n) is 11.3. The molecule has 18 heavy (non-hydrogen) atoms. The van der Waals surface area contributed by atoms with Crippen molar-refractivity contribution >= 4 is 23.5 Å². The maximum absolute atomic E-state index is 10.8. The first kappa shape index (κ1) is 14.3. The molecule has 1 aliphatic rings. The molecule has 1 aliphatic heterocycles. The highest BCUT2D eigenvalue weighted by Gasteiger charge is 2.51. The lowest BCUT2D eigenvalue weighted by Crippen LogP contribution is -2.41. The molecule has 0 aromatic heterocycles. The third kappa shape index (κ3) is 2.33. The minimum absolute atomic E-state index is 0.130. The van der Waals surface area contributed by atoms with Crippen LogP contribution in [0.2, 0.25) is 0 Å². The third-order valence-electron chi connectivity index (χ3n) is 4.10. The van der Waals surface area contributed by atoms with Crippen molar-refractivity contribution in [3.8, 4) is 0 Å². The largest absolute Gasteiger partial charge is 0.388 e. The molecule has 0 bridgehead atoms. The van der Waals surface area contributed by atoms with E-state index in [0.717, 1.165) is 5.56 Å². The quantitative estimate of drug-likeness (QED) is 0.887. The Labute approximate surface area is 119 Å².